The normalized spacial score (nSPS) is 14.4. The molecular weight excluding hydrogens is 326 g/mol. The number of carbonyl (C=O) groups excluding carboxylic acids is 1. The summed E-state index contributed by atoms with van der Waals surface area (Å²) in [4.78, 5) is 23.5. The molecule has 1 fully saturated rings. The molecule has 0 unspecified atom stereocenters. The number of esters is 1. The molecule has 0 N–H and O–H groups in total. The second kappa shape index (κ2) is 7.12. The van der Waals surface area contributed by atoms with Crippen LogP contribution in [0.1, 0.15) is 29.6 Å². The van der Waals surface area contributed by atoms with E-state index in [4.69, 9.17) is 9.72 Å². The number of anilines is 1. The van der Waals surface area contributed by atoms with Gasteiger partial charge >= 0.3 is 5.97 Å². The zero-order valence-electron chi connectivity index (χ0n) is 14.8. The van der Waals surface area contributed by atoms with Gasteiger partial charge in [-0.25, -0.2) is 9.78 Å². The quantitative estimate of drug-likeness (QED) is 0.669. The Morgan fingerprint density at radius 2 is 1.81 bits per heavy atom. The molecule has 0 atom stereocenters. The number of ether oxygens (including phenoxy) is 1. The van der Waals surface area contributed by atoms with Gasteiger partial charge in [0.2, 0.25) is 0 Å². The molecule has 4 rings (SSSR count). The van der Waals surface area contributed by atoms with Crippen LogP contribution >= 0.6 is 0 Å². The molecular formula is C21H21N3O2. The fraction of sp³-hybridized carbons (Fsp3) is 0.286. The molecule has 0 amide bonds. The molecule has 5 heteroatoms. The van der Waals surface area contributed by atoms with Crippen LogP contribution in [0.15, 0.2) is 48.7 Å². The average molecular weight is 347 g/mol. The molecule has 0 saturated carbocycles. The smallest absolute Gasteiger partial charge is 0.337 e. The van der Waals surface area contributed by atoms with Crippen molar-refractivity contribution in [3.05, 3.63) is 54.2 Å². The molecule has 1 aliphatic rings. The second-order valence-electron chi connectivity index (χ2n) is 6.55. The lowest BCUT2D eigenvalue weighted by Gasteiger charge is -2.27. The SMILES string of the molecule is COC(=O)c1cccc(-c2ccc3ncc(N4CCCCC4)nc3c2)c1. The molecule has 1 aliphatic heterocycles. The van der Waals surface area contributed by atoms with Crippen LogP contribution in [0.4, 0.5) is 5.82 Å². The molecule has 1 saturated heterocycles. The Kier molecular flexibility index (Phi) is 4.52. The first-order valence-electron chi connectivity index (χ1n) is 8.95. The summed E-state index contributed by atoms with van der Waals surface area (Å²) in [5, 5.41) is 0. The largest absolute Gasteiger partial charge is 0.465 e. The van der Waals surface area contributed by atoms with Crippen LogP contribution in [-0.4, -0.2) is 36.1 Å². The van der Waals surface area contributed by atoms with Crippen LogP contribution in [0.2, 0.25) is 0 Å². The first-order valence-corrected chi connectivity index (χ1v) is 8.95. The van der Waals surface area contributed by atoms with E-state index in [0.29, 0.717) is 5.56 Å². The molecule has 0 aliphatic carbocycles. The fourth-order valence-corrected chi connectivity index (χ4v) is 3.40. The Morgan fingerprint density at radius 1 is 1.00 bits per heavy atom. The van der Waals surface area contributed by atoms with Crippen LogP contribution in [-0.2, 0) is 4.74 Å². The van der Waals surface area contributed by atoms with Crippen molar-refractivity contribution in [2.45, 2.75) is 19.3 Å². The van der Waals surface area contributed by atoms with Gasteiger partial charge in [0, 0.05) is 13.1 Å². The minimum absolute atomic E-state index is 0.334. The van der Waals surface area contributed by atoms with Gasteiger partial charge in [0.1, 0.15) is 5.82 Å². The van der Waals surface area contributed by atoms with E-state index in [1.54, 1.807) is 6.07 Å². The van der Waals surface area contributed by atoms with Gasteiger partial charge in [0.15, 0.2) is 0 Å². The number of carbonyl (C=O) groups is 1. The number of fused-ring (bicyclic) bond motifs is 1. The summed E-state index contributed by atoms with van der Waals surface area (Å²) >= 11 is 0. The van der Waals surface area contributed by atoms with E-state index >= 15 is 0 Å². The van der Waals surface area contributed by atoms with Crippen molar-refractivity contribution < 1.29 is 9.53 Å². The third-order valence-corrected chi connectivity index (χ3v) is 4.83. The lowest BCUT2D eigenvalue weighted by atomic mass is 10.0. The summed E-state index contributed by atoms with van der Waals surface area (Å²) in [5.74, 6) is 0.609. The monoisotopic (exact) mass is 347 g/mol. The second-order valence-corrected chi connectivity index (χ2v) is 6.55. The summed E-state index contributed by atoms with van der Waals surface area (Å²) in [7, 11) is 1.39. The van der Waals surface area contributed by atoms with E-state index in [9.17, 15) is 4.79 Å². The third kappa shape index (κ3) is 3.25. The maximum atomic E-state index is 11.8. The number of methoxy groups -OCH3 is 1. The van der Waals surface area contributed by atoms with Gasteiger partial charge in [-0.1, -0.05) is 18.2 Å². The van der Waals surface area contributed by atoms with Crippen LogP contribution in [0.5, 0.6) is 0 Å². The lowest BCUT2D eigenvalue weighted by Crippen LogP contribution is -2.30. The Hall–Kier alpha value is -2.95. The summed E-state index contributed by atoms with van der Waals surface area (Å²) < 4.78 is 4.81. The van der Waals surface area contributed by atoms with Crippen molar-refractivity contribution in [1.82, 2.24) is 9.97 Å². The third-order valence-electron chi connectivity index (χ3n) is 4.83. The minimum atomic E-state index is -0.334. The van der Waals surface area contributed by atoms with Crippen LogP contribution < -0.4 is 4.90 Å². The Morgan fingerprint density at radius 3 is 2.62 bits per heavy atom. The first kappa shape index (κ1) is 16.5. The van der Waals surface area contributed by atoms with E-state index in [0.717, 1.165) is 41.1 Å². The van der Waals surface area contributed by atoms with E-state index < -0.39 is 0 Å². The standard InChI is InChI=1S/C21H21N3O2/c1-26-21(25)17-7-5-6-15(12-17)16-8-9-18-19(13-16)23-20(14-22-18)24-10-3-2-4-11-24/h5-9,12-14H,2-4,10-11H2,1H3. The van der Waals surface area contributed by atoms with Crippen molar-refractivity contribution in [2.75, 3.05) is 25.1 Å². The zero-order valence-corrected chi connectivity index (χ0v) is 14.8. The van der Waals surface area contributed by atoms with Crippen LogP contribution in [0.25, 0.3) is 22.2 Å². The topological polar surface area (TPSA) is 55.3 Å². The zero-order chi connectivity index (χ0) is 17.9. The fourth-order valence-electron chi connectivity index (χ4n) is 3.40. The van der Waals surface area contributed by atoms with E-state index in [-0.39, 0.29) is 5.97 Å². The number of aromatic nitrogens is 2. The summed E-state index contributed by atoms with van der Waals surface area (Å²) in [5.41, 5.74) is 4.25. The van der Waals surface area contributed by atoms with Gasteiger partial charge in [0.05, 0.1) is 29.9 Å². The van der Waals surface area contributed by atoms with Crippen molar-refractivity contribution >= 4 is 22.8 Å². The molecule has 1 aromatic heterocycles. The van der Waals surface area contributed by atoms with E-state index in [2.05, 4.69) is 9.88 Å². The number of hydrogen-bond donors (Lipinski definition) is 0. The number of piperidine rings is 1. The molecule has 0 bridgehead atoms. The van der Waals surface area contributed by atoms with Crippen molar-refractivity contribution in [1.29, 1.82) is 0 Å². The molecule has 132 valence electrons. The minimum Gasteiger partial charge on any atom is -0.465 e. The predicted octanol–water partition coefficient (Wildman–Crippen LogP) is 4.07. The van der Waals surface area contributed by atoms with Gasteiger partial charge in [-0.05, 0) is 54.7 Å². The number of benzene rings is 2. The maximum Gasteiger partial charge on any atom is 0.337 e. The number of nitrogens with zero attached hydrogens (tertiary/aromatic N) is 3. The maximum absolute atomic E-state index is 11.8. The van der Waals surface area contributed by atoms with Gasteiger partial charge < -0.3 is 9.64 Å². The molecule has 2 heterocycles. The molecule has 3 aromatic rings. The Balaban J connectivity index is 1.71. The lowest BCUT2D eigenvalue weighted by molar-refractivity contribution is 0.0601. The Bertz CT molecular complexity index is 949. The summed E-state index contributed by atoms with van der Waals surface area (Å²) in [6.45, 7) is 2.09. The molecule has 2 aromatic carbocycles. The molecule has 26 heavy (non-hydrogen) atoms. The average Bonchev–Trinajstić information content (AvgIpc) is 2.73. The highest BCUT2D eigenvalue weighted by molar-refractivity contribution is 5.91. The van der Waals surface area contributed by atoms with Crippen LogP contribution in [0, 0.1) is 0 Å². The highest BCUT2D eigenvalue weighted by atomic mass is 16.5. The van der Waals surface area contributed by atoms with Gasteiger partial charge in [-0.2, -0.15) is 0 Å². The van der Waals surface area contributed by atoms with Crippen LogP contribution in [0.3, 0.4) is 0 Å². The van der Waals surface area contributed by atoms with Gasteiger partial charge in [0.25, 0.3) is 0 Å². The molecule has 0 spiro atoms. The molecule has 0 radical (unpaired) electrons. The highest BCUT2D eigenvalue weighted by Gasteiger charge is 2.13. The van der Waals surface area contributed by atoms with Crippen molar-refractivity contribution in [3.8, 4) is 11.1 Å². The van der Waals surface area contributed by atoms with Gasteiger partial charge in [-0.3, -0.25) is 4.98 Å². The molecule has 5 nitrogen and oxygen atoms in total. The Labute approximate surface area is 152 Å². The number of rotatable bonds is 3. The van der Waals surface area contributed by atoms with E-state index in [1.807, 2.05) is 42.6 Å². The highest BCUT2D eigenvalue weighted by Crippen LogP contribution is 2.26. The number of hydrogen-bond acceptors (Lipinski definition) is 5. The van der Waals surface area contributed by atoms with E-state index in [1.165, 1.54) is 26.4 Å². The van der Waals surface area contributed by atoms with Gasteiger partial charge in [-0.15, -0.1) is 0 Å². The van der Waals surface area contributed by atoms with Crippen molar-refractivity contribution in [3.63, 3.8) is 0 Å². The first-order chi connectivity index (χ1) is 12.7. The predicted molar refractivity (Wildman–Crippen MR) is 102 cm³/mol. The van der Waals surface area contributed by atoms with Crippen molar-refractivity contribution in [2.24, 2.45) is 0 Å². The summed E-state index contributed by atoms with van der Waals surface area (Å²) in [6.07, 6.45) is 5.57. The summed E-state index contributed by atoms with van der Waals surface area (Å²) in [6, 6.07) is 13.5.